The van der Waals surface area contributed by atoms with Crippen molar-refractivity contribution in [3.05, 3.63) is 45.8 Å². The van der Waals surface area contributed by atoms with Gasteiger partial charge in [0.05, 0.1) is 12.1 Å². The van der Waals surface area contributed by atoms with Crippen LogP contribution < -0.4 is 10.2 Å². The number of fused-ring (bicyclic) bond motifs is 2. The molecule has 4 rings (SSSR count). The summed E-state index contributed by atoms with van der Waals surface area (Å²) in [7, 11) is 0. The predicted octanol–water partition coefficient (Wildman–Crippen LogP) is 4.28. The minimum absolute atomic E-state index is 0.0328. The third-order valence-corrected chi connectivity index (χ3v) is 6.53. The molecule has 0 fully saturated rings. The number of nitrogens with one attached hydrogen (secondary N) is 1. The van der Waals surface area contributed by atoms with Crippen LogP contribution in [0.3, 0.4) is 0 Å². The van der Waals surface area contributed by atoms with Crippen LogP contribution in [0, 0.1) is 11.3 Å². The Bertz CT molecular complexity index is 865. The maximum Gasteiger partial charge on any atom is 0.244 e. The van der Waals surface area contributed by atoms with Crippen LogP contribution in [0.4, 0.5) is 10.7 Å². The SMILES string of the molecule is N#Cc1c(NC(=O)CN2CCCc3ccccc32)sc2c1CCCCC2. The van der Waals surface area contributed by atoms with E-state index in [1.807, 2.05) is 6.07 Å². The van der Waals surface area contributed by atoms with Crippen molar-refractivity contribution in [2.75, 3.05) is 23.3 Å². The Morgan fingerprint density at radius 1 is 1.15 bits per heavy atom. The molecule has 1 N–H and O–H groups in total. The molecule has 2 heterocycles. The second-order valence-electron chi connectivity index (χ2n) is 7.08. The molecule has 2 aliphatic rings. The van der Waals surface area contributed by atoms with E-state index < -0.39 is 0 Å². The molecule has 0 saturated heterocycles. The summed E-state index contributed by atoms with van der Waals surface area (Å²) in [5, 5.41) is 13.4. The molecule has 2 aromatic rings. The minimum Gasteiger partial charge on any atom is -0.362 e. The maximum absolute atomic E-state index is 12.7. The molecule has 0 radical (unpaired) electrons. The molecular formula is C21H23N3OS. The Morgan fingerprint density at radius 2 is 2.00 bits per heavy atom. The van der Waals surface area contributed by atoms with Crippen LogP contribution in [0.2, 0.25) is 0 Å². The van der Waals surface area contributed by atoms with Crippen LogP contribution in [0.5, 0.6) is 0 Å². The van der Waals surface area contributed by atoms with E-state index in [1.54, 1.807) is 11.3 Å². The zero-order chi connectivity index (χ0) is 17.9. The topological polar surface area (TPSA) is 56.1 Å². The van der Waals surface area contributed by atoms with Crippen LogP contribution in [-0.4, -0.2) is 19.0 Å². The smallest absolute Gasteiger partial charge is 0.244 e. The molecule has 1 aliphatic carbocycles. The Kier molecular flexibility index (Phi) is 4.94. The normalized spacial score (nSPS) is 16.2. The third kappa shape index (κ3) is 3.34. The number of para-hydroxylation sites is 1. The fourth-order valence-electron chi connectivity index (χ4n) is 4.06. The van der Waals surface area contributed by atoms with Crippen molar-refractivity contribution in [1.29, 1.82) is 5.26 Å². The zero-order valence-electron chi connectivity index (χ0n) is 14.9. The first-order valence-corrected chi connectivity index (χ1v) is 10.3. The Hall–Kier alpha value is -2.32. The maximum atomic E-state index is 12.7. The number of benzene rings is 1. The highest BCUT2D eigenvalue weighted by molar-refractivity contribution is 7.16. The summed E-state index contributed by atoms with van der Waals surface area (Å²) in [6.45, 7) is 1.24. The predicted molar refractivity (Wildman–Crippen MR) is 106 cm³/mol. The van der Waals surface area contributed by atoms with Crippen LogP contribution >= 0.6 is 11.3 Å². The molecule has 26 heavy (non-hydrogen) atoms. The lowest BCUT2D eigenvalue weighted by Crippen LogP contribution is -2.36. The molecule has 4 nitrogen and oxygen atoms in total. The molecule has 134 valence electrons. The second-order valence-corrected chi connectivity index (χ2v) is 8.19. The molecule has 1 aliphatic heterocycles. The van der Waals surface area contributed by atoms with E-state index >= 15 is 0 Å². The van der Waals surface area contributed by atoms with Gasteiger partial charge in [0.1, 0.15) is 11.1 Å². The quantitative estimate of drug-likeness (QED) is 0.826. The van der Waals surface area contributed by atoms with Crippen LogP contribution in [0.25, 0.3) is 0 Å². The summed E-state index contributed by atoms with van der Waals surface area (Å²) in [6, 6.07) is 10.7. The molecule has 0 bridgehead atoms. The van der Waals surface area contributed by atoms with E-state index in [-0.39, 0.29) is 5.91 Å². The van der Waals surface area contributed by atoms with Crippen molar-refractivity contribution < 1.29 is 4.79 Å². The van der Waals surface area contributed by atoms with Crippen molar-refractivity contribution in [2.24, 2.45) is 0 Å². The minimum atomic E-state index is -0.0328. The average molecular weight is 366 g/mol. The van der Waals surface area contributed by atoms with Crippen molar-refractivity contribution in [3.63, 3.8) is 0 Å². The molecule has 5 heteroatoms. The van der Waals surface area contributed by atoms with Crippen molar-refractivity contribution >= 4 is 27.9 Å². The third-order valence-electron chi connectivity index (χ3n) is 5.33. The fraction of sp³-hybridized carbons (Fsp3) is 0.429. The van der Waals surface area contributed by atoms with Crippen molar-refractivity contribution in [3.8, 4) is 6.07 Å². The van der Waals surface area contributed by atoms with E-state index in [9.17, 15) is 10.1 Å². The van der Waals surface area contributed by atoms with E-state index in [4.69, 9.17) is 0 Å². The first-order valence-electron chi connectivity index (χ1n) is 9.43. The monoisotopic (exact) mass is 365 g/mol. The second kappa shape index (κ2) is 7.51. The Labute approximate surface area is 158 Å². The van der Waals surface area contributed by atoms with Gasteiger partial charge in [-0.2, -0.15) is 5.26 Å². The summed E-state index contributed by atoms with van der Waals surface area (Å²) in [5.41, 5.74) is 4.34. The number of hydrogen-bond donors (Lipinski definition) is 1. The van der Waals surface area contributed by atoms with Gasteiger partial charge in [-0.3, -0.25) is 4.79 Å². The van der Waals surface area contributed by atoms with E-state index in [0.717, 1.165) is 49.3 Å². The van der Waals surface area contributed by atoms with Crippen LogP contribution in [-0.2, 0) is 24.1 Å². The van der Waals surface area contributed by atoms with Crippen LogP contribution in [0.1, 0.15) is 47.3 Å². The first kappa shape index (κ1) is 17.1. The standard InChI is InChI=1S/C21H23N3OS/c22-13-17-16-9-2-1-3-11-19(16)26-21(17)23-20(25)14-24-12-6-8-15-7-4-5-10-18(15)24/h4-5,7,10H,1-3,6,8-9,11-12,14H2,(H,23,25). The number of nitrogens with zero attached hydrogens (tertiary/aromatic N) is 2. The largest absolute Gasteiger partial charge is 0.362 e. The summed E-state index contributed by atoms with van der Waals surface area (Å²) >= 11 is 1.60. The van der Waals surface area contributed by atoms with E-state index in [2.05, 4.69) is 34.5 Å². The lowest BCUT2D eigenvalue weighted by atomic mass is 10.0. The van der Waals surface area contributed by atoms with Gasteiger partial charge < -0.3 is 10.2 Å². The summed E-state index contributed by atoms with van der Waals surface area (Å²) < 4.78 is 0. The van der Waals surface area contributed by atoms with Crippen molar-refractivity contribution in [1.82, 2.24) is 0 Å². The lowest BCUT2D eigenvalue weighted by molar-refractivity contribution is -0.115. The number of amides is 1. The molecule has 1 aromatic carbocycles. The van der Waals surface area contributed by atoms with Gasteiger partial charge in [-0.05, 0) is 55.7 Å². The number of anilines is 2. The summed E-state index contributed by atoms with van der Waals surface area (Å²) in [6.07, 6.45) is 7.68. The van der Waals surface area contributed by atoms with Crippen LogP contribution in [0.15, 0.2) is 24.3 Å². The highest BCUT2D eigenvalue weighted by atomic mass is 32.1. The lowest BCUT2D eigenvalue weighted by Gasteiger charge is -2.30. The van der Waals surface area contributed by atoms with Gasteiger partial charge in [0.15, 0.2) is 0 Å². The van der Waals surface area contributed by atoms with E-state index in [1.165, 1.54) is 28.8 Å². The molecule has 0 spiro atoms. The number of carbonyl (C=O) groups excluding carboxylic acids is 1. The molecule has 1 aromatic heterocycles. The molecule has 0 unspecified atom stereocenters. The summed E-state index contributed by atoms with van der Waals surface area (Å²) in [5.74, 6) is -0.0328. The fourth-order valence-corrected chi connectivity index (χ4v) is 5.32. The van der Waals surface area contributed by atoms with Gasteiger partial charge in [-0.15, -0.1) is 11.3 Å². The highest BCUT2D eigenvalue weighted by Crippen LogP contribution is 2.37. The number of rotatable bonds is 3. The number of nitriles is 1. The van der Waals surface area contributed by atoms with Gasteiger partial charge in [-0.25, -0.2) is 0 Å². The zero-order valence-corrected chi connectivity index (χ0v) is 15.7. The van der Waals surface area contributed by atoms with Gasteiger partial charge in [0, 0.05) is 17.1 Å². The number of carbonyl (C=O) groups is 1. The molecule has 1 amide bonds. The van der Waals surface area contributed by atoms with Crippen molar-refractivity contribution in [2.45, 2.75) is 44.9 Å². The van der Waals surface area contributed by atoms with Gasteiger partial charge in [-0.1, -0.05) is 24.6 Å². The van der Waals surface area contributed by atoms with E-state index in [0.29, 0.717) is 12.1 Å². The number of aryl methyl sites for hydroxylation is 2. The van der Waals surface area contributed by atoms with Gasteiger partial charge in [0.25, 0.3) is 0 Å². The number of hydrogen-bond acceptors (Lipinski definition) is 4. The highest BCUT2D eigenvalue weighted by Gasteiger charge is 2.23. The Morgan fingerprint density at radius 3 is 2.88 bits per heavy atom. The number of thiophene rings is 1. The first-order chi connectivity index (χ1) is 12.8. The average Bonchev–Trinajstić information content (AvgIpc) is 2.81. The van der Waals surface area contributed by atoms with Gasteiger partial charge in [0.2, 0.25) is 5.91 Å². The Balaban J connectivity index is 1.50. The summed E-state index contributed by atoms with van der Waals surface area (Å²) in [4.78, 5) is 16.1. The molecular weight excluding hydrogens is 342 g/mol. The molecule has 0 saturated carbocycles. The van der Waals surface area contributed by atoms with Gasteiger partial charge >= 0.3 is 0 Å². The molecule has 0 atom stereocenters.